The molecule has 50 valence electrons. The van der Waals surface area contributed by atoms with E-state index >= 15 is 0 Å². The molecule has 2 N–H and O–H groups in total. The van der Waals surface area contributed by atoms with Crippen LogP contribution in [0.2, 0.25) is 0 Å². The van der Waals surface area contributed by atoms with E-state index in [1.54, 1.807) is 6.19 Å². The summed E-state index contributed by atoms with van der Waals surface area (Å²) in [5.74, 6) is -0.631. The average Bonchev–Trinajstić information content (AvgIpc) is 2.34. The van der Waals surface area contributed by atoms with Gasteiger partial charge in [-0.15, -0.1) is 0 Å². The molecular formula is C5H4N4O. The number of carbonyl (C=O) groups excluding carboxylic acids is 1. The maximum absolute atomic E-state index is 10.4. The van der Waals surface area contributed by atoms with Crippen LogP contribution in [0.4, 0.5) is 0 Å². The predicted molar refractivity (Wildman–Crippen MR) is 31.8 cm³/mol. The molecule has 1 aromatic heterocycles. The van der Waals surface area contributed by atoms with Gasteiger partial charge in [0.05, 0.1) is 6.20 Å². The van der Waals surface area contributed by atoms with E-state index in [0.29, 0.717) is 0 Å². The van der Waals surface area contributed by atoms with Gasteiger partial charge in [-0.25, -0.2) is 9.55 Å². The lowest BCUT2D eigenvalue weighted by molar-refractivity contribution is 0.0996. The summed E-state index contributed by atoms with van der Waals surface area (Å²) in [6.07, 6.45) is 4.24. The number of nitriles is 1. The van der Waals surface area contributed by atoms with Crippen molar-refractivity contribution in [3.63, 3.8) is 0 Å². The van der Waals surface area contributed by atoms with Crippen molar-refractivity contribution in [2.24, 2.45) is 5.73 Å². The van der Waals surface area contributed by atoms with E-state index in [-0.39, 0.29) is 5.69 Å². The number of primary amides is 1. The van der Waals surface area contributed by atoms with E-state index in [9.17, 15) is 4.79 Å². The molecule has 10 heavy (non-hydrogen) atoms. The van der Waals surface area contributed by atoms with Gasteiger partial charge < -0.3 is 5.73 Å². The van der Waals surface area contributed by atoms with Crippen molar-refractivity contribution < 1.29 is 4.79 Å². The van der Waals surface area contributed by atoms with Crippen molar-refractivity contribution in [3.8, 4) is 6.19 Å². The minimum atomic E-state index is -0.631. The van der Waals surface area contributed by atoms with E-state index in [2.05, 4.69) is 4.98 Å². The normalized spacial score (nSPS) is 8.70. The lowest BCUT2D eigenvalue weighted by Gasteiger charge is -1.80. The molecule has 1 aromatic rings. The molecule has 0 atom stereocenters. The highest BCUT2D eigenvalue weighted by molar-refractivity contribution is 5.90. The smallest absolute Gasteiger partial charge is 0.268 e. The number of imidazole rings is 1. The summed E-state index contributed by atoms with van der Waals surface area (Å²) in [7, 11) is 0. The van der Waals surface area contributed by atoms with Crippen LogP contribution in [0.3, 0.4) is 0 Å². The zero-order chi connectivity index (χ0) is 7.56. The van der Waals surface area contributed by atoms with Crippen LogP contribution in [-0.2, 0) is 0 Å². The first-order chi connectivity index (χ1) is 4.74. The van der Waals surface area contributed by atoms with Crippen LogP contribution in [0.15, 0.2) is 12.5 Å². The molecule has 0 saturated heterocycles. The molecule has 0 aliphatic carbocycles. The zero-order valence-corrected chi connectivity index (χ0v) is 4.98. The molecule has 5 heteroatoms. The fourth-order valence-electron chi connectivity index (χ4n) is 0.505. The summed E-state index contributed by atoms with van der Waals surface area (Å²) in [5, 5.41) is 8.25. The van der Waals surface area contributed by atoms with Gasteiger partial charge in [-0.2, -0.15) is 5.26 Å². The number of hydrogen-bond donors (Lipinski definition) is 1. The van der Waals surface area contributed by atoms with Gasteiger partial charge in [0, 0.05) is 0 Å². The molecule has 1 heterocycles. The first-order valence-electron chi connectivity index (χ1n) is 2.48. The fourth-order valence-corrected chi connectivity index (χ4v) is 0.505. The zero-order valence-electron chi connectivity index (χ0n) is 4.98. The molecular weight excluding hydrogens is 132 g/mol. The van der Waals surface area contributed by atoms with Crippen LogP contribution in [0.1, 0.15) is 10.5 Å². The molecule has 1 rings (SSSR count). The number of rotatable bonds is 1. The molecule has 0 saturated carbocycles. The fraction of sp³-hybridized carbons (Fsp3) is 0. The Bertz CT molecular complexity index is 295. The number of carbonyl (C=O) groups is 1. The number of aromatic nitrogens is 2. The summed E-state index contributed by atoms with van der Waals surface area (Å²) in [5.41, 5.74) is 4.96. The lowest BCUT2D eigenvalue weighted by atomic mass is 10.5. The van der Waals surface area contributed by atoms with Gasteiger partial charge in [-0.1, -0.05) is 0 Å². The molecule has 0 bridgehead atoms. The molecule has 1 amide bonds. The van der Waals surface area contributed by atoms with Crippen LogP contribution < -0.4 is 5.73 Å². The third kappa shape index (κ3) is 0.951. The van der Waals surface area contributed by atoms with Crippen molar-refractivity contribution in [3.05, 3.63) is 18.2 Å². The topological polar surface area (TPSA) is 84.7 Å². The van der Waals surface area contributed by atoms with Crippen LogP contribution in [-0.4, -0.2) is 15.5 Å². The summed E-state index contributed by atoms with van der Waals surface area (Å²) in [6, 6.07) is 0. The van der Waals surface area contributed by atoms with Gasteiger partial charge in [0.25, 0.3) is 5.91 Å². The van der Waals surface area contributed by atoms with Crippen LogP contribution in [0.25, 0.3) is 0 Å². The molecule has 0 fully saturated rings. The van der Waals surface area contributed by atoms with Crippen molar-refractivity contribution >= 4 is 5.91 Å². The Balaban J connectivity index is 3.02. The van der Waals surface area contributed by atoms with Gasteiger partial charge >= 0.3 is 0 Å². The second-order valence-electron chi connectivity index (χ2n) is 1.63. The van der Waals surface area contributed by atoms with Crippen molar-refractivity contribution in [2.75, 3.05) is 0 Å². The van der Waals surface area contributed by atoms with Crippen LogP contribution in [0, 0.1) is 11.5 Å². The summed E-state index contributed by atoms with van der Waals surface area (Å²) in [6.45, 7) is 0. The molecule has 0 aliphatic heterocycles. The first kappa shape index (κ1) is 6.29. The largest absolute Gasteiger partial charge is 0.364 e. The monoisotopic (exact) mass is 136 g/mol. The van der Waals surface area contributed by atoms with E-state index in [1.807, 2.05) is 0 Å². The van der Waals surface area contributed by atoms with Crippen LogP contribution >= 0.6 is 0 Å². The highest BCUT2D eigenvalue weighted by Crippen LogP contribution is 1.91. The molecule has 0 spiro atoms. The number of amides is 1. The van der Waals surface area contributed by atoms with Gasteiger partial charge in [0.2, 0.25) is 0 Å². The molecule has 5 nitrogen and oxygen atoms in total. The van der Waals surface area contributed by atoms with E-state index in [1.165, 1.54) is 12.5 Å². The predicted octanol–water partition coefficient (Wildman–Crippen LogP) is -0.689. The Morgan fingerprint density at radius 3 is 2.90 bits per heavy atom. The van der Waals surface area contributed by atoms with E-state index in [4.69, 9.17) is 11.0 Å². The Kier molecular flexibility index (Phi) is 1.38. The SMILES string of the molecule is N#Cn1cnc(C(N)=O)c1. The number of nitrogens with two attached hydrogens (primary N) is 1. The molecule has 0 aromatic carbocycles. The Hall–Kier alpha value is -1.83. The third-order valence-corrected chi connectivity index (χ3v) is 0.951. The summed E-state index contributed by atoms with van der Waals surface area (Å²) < 4.78 is 1.10. The standard InChI is InChI=1S/C5H4N4O/c6-2-9-1-4(5(7)10)8-3-9/h1,3H,(H2,7,10). The second kappa shape index (κ2) is 2.19. The number of nitrogens with zero attached hydrogens (tertiary/aromatic N) is 3. The molecule has 0 aliphatic rings. The number of hydrogen-bond acceptors (Lipinski definition) is 3. The van der Waals surface area contributed by atoms with Gasteiger partial charge in [-0.05, 0) is 0 Å². The summed E-state index contributed by atoms with van der Waals surface area (Å²) >= 11 is 0. The summed E-state index contributed by atoms with van der Waals surface area (Å²) in [4.78, 5) is 13.9. The van der Waals surface area contributed by atoms with Crippen molar-refractivity contribution in [2.45, 2.75) is 0 Å². The van der Waals surface area contributed by atoms with Gasteiger partial charge in [0.15, 0.2) is 6.19 Å². The van der Waals surface area contributed by atoms with Gasteiger partial charge in [-0.3, -0.25) is 4.79 Å². The molecule has 0 radical (unpaired) electrons. The minimum Gasteiger partial charge on any atom is -0.364 e. The first-order valence-corrected chi connectivity index (χ1v) is 2.48. The molecule has 0 unspecified atom stereocenters. The Morgan fingerprint density at radius 2 is 2.60 bits per heavy atom. The maximum Gasteiger partial charge on any atom is 0.268 e. The van der Waals surface area contributed by atoms with E-state index in [0.717, 1.165) is 4.57 Å². The van der Waals surface area contributed by atoms with Crippen molar-refractivity contribution in [1.82, 2.24) is 9.55 Å². The van der Waals surface area contributed by atoms with E-state index < -0.39 is 5.91 Å². The third-order valence-electron chi connectivity index (χ3n) is 0.951. The highest BCUT2D eigenvalue weighted by Gasteiger charge is 2.02. The Morgan fingerprint density at radius 1 is 1.90 bits per heavy atom. The highest BCUT2D eigenvalue weighted by atomic mass is 16.1. The quantitative estimate of drug-likeness (QED) is 0.554. The maximum atomic E-state index is 10.4. The van der Waals surface area contributed by atoms with Crippen molar-refractivity contribution in [1.29, 1.82) is 5.26 Å². The average molecular weight is 136 g/mol. The lowest BCUT2D eigenvalue weighted by Crippen LogP contribution is -2.10. The second-order valence-corrected chi connectivity index (χ2v) is 1.63. The minimum absolute atomic E-state index is 0.0987. The van der Waals surface area contributed by atoms with Crippen LogP contribution in [0.5, 0.6) is 0 Å². The van der Waals surface area contributed by atoms with Gasteiger partial charge in [0.1, 0.15) is 12.0 Å². The Labute approximate surface area is 56.7 Å².